The number of benzene rings is 2. The van der Waals surface area contributed by atoms with Crippen LogP contribution in [0.5, 0.6) is 0 Å². The molecule has 2 aromatic rings. The molecule has 0 aromatic heterocycles. The number of nitrogens with zero attached hydrogens (tertiary/aromatic N) is 1. The minimum absolute atomic E-state index is 0.0389. The van der Waals surface area contributed by atoms with Gasteiger partial charge in [-0.1, -0.05) is 57.2 Å². The molecule has 0 unspecified atom stereocenters. The van der Waals surface area contributed by atoms with E-state index >= 15 is 0 Å². The first-order valence-corrected chi connectivity index (χ1v) is 8.94. The molecule has 4 nitrogen and oxygen atoms in total. The number of hydrogen-bond donors (Lipinski definition) is 1. The largest absolute Gasteiger partial charge is 0.342 e. The predicted octanol–water partition coefficient (Wildman–Crippen LogP) is 4.06. The van der Waals surface area contributed by atoms with Crippen LogP contribution in [-0.2, 0) is 9.59 Å². The lowest BCUT2D eigenvalue weighted by Gasteiger charge is -2.35. The highest BCUT2D eigenvalue weighted by Gasteiger charge is 2.32. The van der Waals surface area contributed by atoms with Crippen LogP contribution in [0.1, 0.15) is 33.6 Å². The first kappa shape index (κ1) is 17.5. The van der Waals surface area contributed by atoms with Gasteiger partial charge in [-0.25, -0.2) is 0 Å². The molecule has 25 heavy (non-hydrogen) atoms. The van der Waals surface area contributed by atoms with Crippen molar-refractivity contribution in [3.05, 3.63) is 42.5 Å². The molecule has 0 spiro atoms. The quantitative estimate of drug-likeness (QED) is 0.897. The second kappa shape index (κ2) is 6.87. The van der Waals surface area contributed by atoms with Crippen molar-refractivity contribution in [2.45, 2.75) is 33.6 Å². The van der Waals surface area contributed by atoms with Gasteiger partial charge in [0.25, 0.3) is 0 Å². The second-order valence-electron chi connectivity index (χ2n) is 7.83. The van der Waals surface area contributed by atoms with Crippen LogP contribution in [0.2, 0.25) is 0 Å². The van der Waals surface area contributed by atoms with Gasteiger partial charge in [-0.3, -0.25) is 9.59 Å². The third-order valence-electron chi connectivity index (χ3n) is 4.84. The smallest absolute Gasteiger partial charge is 0.227 e. The van der Waals surface area contributed by atoms with E-state index in [2.05, 4.69) is 5.32 Å². The highest BCUT2D eigenvalue weighted by molar-refractivity contribution is 6.02. The molecule has 0 saturated carbocycles. The molecule has 1 N–H and O–H groups in total. The Balaban J connectivity index is 1.64. The van der Waals surface area contributed by atoms with E-state index in [1.807, 2.05) is 68.1 Å². The van der Waals surface area contributed by atoms with Crippen LogP contribution in [0.15, 0.2) is 42.5 Å². The SMILES string of the molecule is CC(C)(C)C(=O)N1CCC(C(=O)Nc2cccc3ccccc23)CC1. The lowest BCUT2D eigenvalue weighted by molar-refractivity contribution is -0.142. The molecule has 4 heteroatoms. The van der Waals surface area contributed by atoms with Crippen LogP contribution < -0.4 is 5.32 Å². The Hall–Kier alpha value is -2.36. The van der Waals surface area contributed by atoms with E-state index in [1.54, 1.807) is 0 Å². The standard InChI is InChI=1S/C21H26N2O2/c1-21(2,3)20(25)23-13-11-16(12-14-23)19(24)22-18-10-6-8-15-7-4-5-9-17(15)18/h4-10,16H,11-14H2,1-3H3,(H,22,24). The zero-order valence-corrected chi connectivity index (χ0v) is 15.2. The summed E-state index contributed by atoms with van der Waals surface area (Å²) >= 11 is 0. The summed E-state index contributed by atoms with van der Waals surface area (Å²) in [5.41, 5.74) is 0.495. The Kier molecular flexibility index (Phi) is 4.80. The van der Waals surface area contributed by atoms with E-state index in [4.69, 9.17) is 0 Å². The van der Waals surface area contributed by atoms with Crippen molar-refractivity contribution < 1.29 is 9.59 Å². The third-order valence-corrected chi connectivity index (χ3v) is 4.84. The molecule has 132 valence electrons. The van der Waals surface area contributed by atoms with Gasteiger partial charge in [0, 0.05) is 35.5 Å². The minimum atomic E-state index is -0.363. The van der Waals surface area contributed by atoms with Gasteiger partial charge >= 0.3 is 0 Å². The van der Waals surface area contributed by atoms with Crippen molar-refractivity contribution in [2.75, 3.05) is 18.4 Å². The monoisotopic (exact) mass is 338 g/mol. The maximum absolute atomic E-state index is 12.7. The van der Waals surface area contributed by atoms with Crippen LogP contribution in [0.25, 0.3) is 10.8 Å². The fourth-order valence-electron chi connectivity index (χ4n) is 3.39. The van der Waals surface area contributed by atoms with Gasteiger partial charge in [0.15, 0.2) is 0 Å². The highest BCUT2D eigenvalue weighted by atomic mass is 16.2. The Morgan fingerprint density at radius 3 is 2.32 bits per heavy atom. The molecular formula is C21H26N2O2. The Bertz CT molecular complexity index is 779. The van der Waals surface area contributed by atoms with Gasteiger partial charge in [0.2, 0.25) is 11.8 Å². The minimum Gasteiger partial charge on any atom is -0.342 e. The topological polar surface area (TPSA) is 49.4 Å². The van der Waals surface area contributed by atoms with Crippen LogP contribution in [0.3, 0.4) is 0 Å². The van der Waals surface area contributed by atoms with Crippen molar-refractivity contribution in [1.82, 2.24) is 4.90 Å². The molecule has 0 bridgehead atoms. The number of fused-ring (bicyclic) bond motifs is 1. The van der Waals surface area contributed by atoms with Crippen molar-refractivity contribution in [2.24, 2.45) is 11.3 Å². The third kappa shape index (κ3) is 3.84. The lowest BCUT2D eigenvalue weighted by Crippen LogP contribution is -2.45. The van der Waals surface area contributed by atoms with Gasteiger partial charge in [-0.2, -0.15) is 0 Å². The van der Waals surface area contributed by atoms with Crippen LogP contribution in [0, 0.1) is 11.3 Å². The van der Waals surface area contributed by atoms with E-state index in [0.29, 0.717) is 13.1 Å². The number of carbonyl (C=O) groups is 2. The molecule has 1 fully saturated rings. The van der Waals surface area contributed by atoms with Gasteiger partial charge < -0.3 is 10.2 Å². The average molecular weight is 338 g/mol. The van der Waals surface area contributed by atoms with Gasteiger partial charge in [-0.05, 0) is 24.3 Å². The number of amides is 2. The second-order valence-corrected chi connectivity index (χ2v) is 7.83. The van der Waals surface area contributed by atoms with E-state index in [1.165, 1.54) is 0 Å². The van der Waals surface area contributed by atoms with Crippen molar-refractivity contribution in [3.63, 3.8) is 0 Å². The summed E-state index contributed by atoms with van der Waals surface area (Å²) in [6, 6.07) is 14.0. The Morgan fingerprint density at radius 2 is 1.64 bits per heavy atom. The average Bonchev–Trinajstić information content (AvgIpc) is 2.61. The maximum atomic E-state index is 12.7. The van der Waals surface area contributed by atoms with Crippen molar-refractivity contribution >= 4 is 28.3 Å². The molecule has 1 heterocycles. The van der Waals surface area contributed by atoms with Crippen LogP contribution in [-0.4, -0.2) is 29.8 Å². The predicted molar refractivity (Wildman–Crippen MR) is 101 cm³/mol. The lowest BCUT2D eigenvalue weighted by atomic mass is 9.90. The van der Waals surface area contributed by atoms with Gasteiger partial charge in [0.1, 0.15) is 0 Å². The summed E-state index contributed by atoms with van der Waals surface area (Å²) in [5, 5.41) is 5.26. The molecule has 1 aliphatic heterocycles. The Labute approximate surface area is 149 Å². The zero-order valence-electron chi connectivity index (χ0n) is 15.2. The normalized spacial score (nSPS) is 16.0. The molecule has 2 aromatic carbocycles. The molecular weight excluding hydrogens is 312 g/mol. The molecule has 1 saturated heterocycles. The molecule has 0 aliphatic carbocycles. The summed E-state index contributed by atoms with van der Waals surface area (Å²) in [4.78, 5) is 26.9. The number of piperidine rings is 1. The number of carbonyl (C=O) groups excluding carboxylic acids is 2. The molecule has 3 rings (SSSR count). The van der Waals surface area contributed by atoms with Crippen molar-refractivity contribution in [3.8, 4) is 0 Å². The molecule has 0 atom stereocenters. The fourth-order valence-corrected chi connectivity index (χ4v) is 3.39. The molecule has 2 amide bonds. The van der Waals surface area contributed by atoms with E-state index in [-0.39, 0.29) is 23.1 Å². The van der Waals surface area contributed by atoms with Gasteiger partial charge in [0.05, 0.1) is 0 Å². The first-order valence-electron chi connectivity index (χ1n) is 8.94. The van der Waals surface area contributed by atoms with E-state index in [0.717, 1.165) is 29.3 Å². The summed E-state index contributed by atoms with van der Waals surface area (Å²) in [6.45, 7) is 7.13. The highest BCUT2D eigenvalue weighted by Crippen LogP contribution is 2.27. The summed E-state index contributed by atoms with van der Waals surface area (Å²) in [7, 11) is 0. The number of nitrogens with one attached hydrogen (secondary N) is 1. The van der Waals surface area contributed by atoms with Gasteiger partial charge in [-0.15, -0.1) is 0 Å². The van der Waals surface area contributed by atoms with E-state index < -0.39 is 0 Å². The number of hydrogen-bond acceptors (Lipinski definition) is 2. The molecule has 1 aliphatic rings. The van der Waals surface area contributed by atoms with Crippen molar-refractivity contribution in [1.29, 1.82) is 0 Å². The van der Waals surface area contributed by atoms with Crippen LogP contribution in [0.4, 0.5) is 5.69 Å². The number of likely N-dealkylation sites (tertiary alicyclic amines) is 1. The number of anilines is 1. The summed E-state index contributed by atoms with van der Waals surface area (Å²) in [6.07, 6.45) is 1.44. The maximum Gasteiger partial charge on any atom is 0.227 e. The first-order chi connectivity index (χ1) is 11.9. The summed E-state index contributed by atoms with van der Waals surface area (Å²) < 4.78 is 0. The molecule has 0 radical (unpaired) electrons. The summed E-state index contributed by atoms with van der Waals surface area (Å²) in [5.74, 6) is 0.183. The number of rotatable bonds is 2. The Morgan fingerprint density at radius 1 is 1.00 bits per heavy atom. The fraction of sp³-hybridized carbons (Fsp3) is 0.429. The van der Waals surface area contributed by atoms with Crippen LogP contribution >= 0.6 is 0 Å². The zero-order chi connectivity index (χ0) is 18.0. The van der Waals surface area contributed by atoms with E-state index in [9.17, 15) is 9.59 Å².